The maximum absolute atomic E-state index is 12.9. The molecule has 5 heteroatoms. The molecule has 0 N–H and O–H groups in total. The number of nitrogens with zero attached hydrogens (tertiary/aromatic N) is 3. The fraction of sp³-hybridized carbons (Fsp3) is 0.476. The van der Waals surface area contributed by atoms with Gasteiger partial charge in [0.15, 0.2) is 0 Å². The van der Waals surface area contributed by atoms with Crippen LogP contribution in [0.5, 0.6) is 0 Å². The number of hydrogen-bond donors (Lipinski definition) is 0. The summed E-state index contributed by atoms with van der Waals surface area (Å²) < 4.78 is 0. The highest BCUT2D eigenvalue weighted by Crippen LogP contribution is 2.21. The zero-order valence-corrected chi connectivity index (χ0v) is 16.1. The van der Waals surface area contributed by atoms with Crippen LogP contribution in [0.25, 0.3) is 0 Å². The van der Waals surface area contributed by atoms with Gasteiger partial charge in [-0.05, 0) is 55.0 Å². The first kappa shape index (κ1) is 17.6. The van der Waals surface area contributed by atoms with Crippen molar-refractivity contribution in [3.63, 3.8) is 0 Å². The average Bonchev–Trinajstić information content (AvgIpc) is 3.33. The number of benzene rings is 1. The number of amides is 1. The minimum absolute atomic E-state index is 0.177. The van der Waals surface area contributed by atoms with E-state index >= 15 is 0 Å². The Morgan fingerprint density at radius 2 is 1.69 bits per heavy atom. The standard InChI is InChI=1S/C21H27N3OS/c25-21(18-6-8-19(9-7-18)23-11-1-2-12-23)24-13-4-10-22(14-15-24)17-20-5-3-16-26-20/h3,5-9,16H,1-2,4,10-15,17H2. The maximum atomic E-state index is 12.9. The smallest absolute Gasteiger partial charge is 0.253 e. The van der Waals surface area contributed by atoms with Crippen LogP contribution in [0.15, 0.2) is 41.8 Å². The third-order valence-electron chi connectivity index (χ3n) is 5.42. The molecule has 4 nitrogen and oxygen atoms in total. The number of thiophene rings is 1. The lowest BCUT2D eigenvalue weighted by molar-refractivity contribution is 0.0761. The molecule has 0 aliphatic carbocycles. The van der Waals surface area contributed by atoms with Crippen molar-refractivity contribution >= 4 is 22.9 Å². The molecule has 0 spiro atoms. The molecule has 2 aliphatic heterocycles. The summed E-state index contributed by atoms with van der Waals surface area (Å²) in [7, 11) is 0. The van der Waals surface area contributed by atoms with Crippen molar-refractivity contribution in [2.75, 3.05) is 44.2 Å². The van der Waals surface area contributed by atoms with E-state index in [0.29, 0.717) is 0 Å². The van der Waals surface area contributed by atoms with Gasteiger partial charge in [-0.25, -0.2) is 0 Å². The van der Waals surface area contributed by atoms with Crippen LogP contribution in [0.2, 0.25) is 0 Å². The molecular weight excluding hydrogens is 342 g/mol. The van der Waals surface area contributed by atoms with Crippen LogP contribution in [-0.4, -0.2) is 55.0 Å². The molecule has 0 saturated carbocycles. The maximum Gasteiger partial charge on any atom is 0.253 e. The first-order valence-corrected chi connectivity index (χ1v) is 10.6. The van der Waals surface area contributed by atoms with Crippen molar-refractivity contribution in [2.24, 2.45) is 0 Å². The van der Waals surface area contributed by atoms with Crippen LogP contribution in [0.4, 0.5) is 5.69 Å². The van der Waals surface area contributed by atoms with Gasteiger partial charge in [0.25, 0.3) is 5.91 Å². The lowest BCUT2D eigenvalue weighted by Gasteiger charge is -2.22. The Morgan fingerprint density at radius 1 is 0.885 bits per heavy atom. The molecule has 138 valence electrons. The molecule has 1 amide bonds. The lowest BCUT2D eigenvalue weighted by Crippen LogP contribution is -2.35. The summed E-state index contributed by atoms with van der Waals surface area (Å²) in [5.74, 6) is 0.177. The number of rotatable bonds is 4. The number of carbonyl (C=O) groups is 1. The molecule has 2 saturated heterocycles. The zero-order valence-electron chi connectivity index (χ0n) is 15.3. The molecule has 0 radical (unpaired) electrons. The fourth-order valence-electron chi connectivity index (χ4n) is 3.93. The molecule has 2 aromatic rings. The molecule has 1 aromatic carbocycles. The fourth-order valence-corrected chi connectivity index (χ4v) is 4.67. The second kappa shape index (κ2) is 8.23. The van der Waals surface area contributed by atoms with Gasteiger partial charge >= 0.3 is 0 Å². The van der Waals surface area contributed by atoms with Crippen LogP contribution in [-0.2, 0) is 6.54 Å². The zero-order chi connectivity index (χ0) is 17.8. The van der Waals surface area contributed by atoms with Crippen LogP contribution in [0.1, 0.15) is 34.5 Å². The highest BCUT2D eigenvalue weighted by Gasteiger charge is 2.21. The Kier molecular flexibility index (Phi) is 5.56. The van der Waals surface area contributed by atoms with Gasteiger partial charge in [-0.2, -0.15) is 0 Å². The van der Waals surface area contributed by atoms with E-state index < -0.39 is 0 Å². The number of hydrogen-bond acceptors (Lipinski definition) is 4. The molecule has 1 aromatic heterocycles. The summed E-state index contributed by atoms with van der Waals surface area (Å²) in [4.78, 5) is 21.2. The molecule has 4 rings (SSSR count). The van der Waals surface area contributed by atoms with Gasteiger partial charge in [-0.1, -0.05) is 6.07 Å². The van der Waals surface area contributed by atoms with Crippen molar-refractivity contribution in [2.45, 2.75) is 25.8 Å². The summed E-state index contributed by atoms with van der Waals surface area (Å²) in [6.45, 7) is 6.97. The van der Waals surface area contributed by atoms with Gasteiger partial charge < -0.3 is 9.80 Å². The van der Waals surface area contributed by atoms with E-state index in [-0.39, 0.29) is 5.91 Å². The topological polar surface area (TPSA) is 26.8 Å². The summed E-state index contributed by atoms with van der Waals surface area (Å²) in [5, 5.41) is 2.13. The van der Waals surface area contributed by atoms with Gasteiger partial charge in [-0.3, -0.25) is 9.69 Å². The number of carbonyl (C=O) groups excluding carboxylic acids is 1. The normalized spacial score (nSPS) is 18.9. The second-order valence-corrected chi connectivity index (χ2v) is 8.27. The van der Waals surface area contributed by atoms with Crippen LogP contribution < -0.4 is 4.90 Å². The first-order chi connectivity index (χ1) is 12.8. The van der Waals surface area contributed by atoms with E-state index in [2.05, 4.69) is 39.4 Å². The predicted octanol–water partition coefficient (Wildman–Crippen LogP) is 3.70. The average molecular weight is 370 g/mol. The summed E-state index contributed by atoms with van der Waals surface area (Å²) in [6.07, 6.45) is 3.59. The van der Waals surface area contributed by atoms with Gasteiger partial charge in [0, 0.05) is 61.9 Å². The molecule has 2 fully saturated rings. The van der Waals surface area contributed by atoms with Crippen LogP contribution >= 0.6 is 11.3 Å². The molecule has 3 heterocycles. The van der Waals surface area contributed by atoms with Crippen molar-refractivity contribution < 1.29 is 4.79 Å². The van der Waals surface area contributed by atoms with E-state index in [4.69, 9.17) is 0 Å². The van der Waals surface area contributed by atoms with Gasteiger partial charge in [0.2, 0.25) is 0 Å². The van der Waals surface area contributed by atoms with Crippen molar-refractivity contribution in [1.82, 2.24) is 9.80 Å². The van der Waals surface area contributed by atoms with Gasteiger partial charge in [0.1, 0.15) is 0 Å². The van der Waals surface area contributed by atoms with Crippen molar-refractivity contribution in [3.8, 4) is 0 Å². The Bertz CT molecular complexity index is 707. The van der Waals surface area contributed by atoms with Crippen LogP contribution in [0.3, 0.4) is 0 Å². The molecule has 0 atom stereocenters. The Morgan fingerprint density at radius 3 is 2.42 bits per heavy atom. The van der Waals surface area contributed by atoms with E-state index in [9.17, 15) is 4.79 Å². The van der Waals surface area contributed by atoms with Crippen molar-refractivity contribution in [1.29, 1.82) is 0 Å². The molecular formula is C21H27N3OS. The summed E-state index contributed by atoms with van der Waals surface area (Å²) in [5.41, 5.74) is 2.07. The minimum Gasteiger partial charge on any atom is -0.372 e. The second-order valence-electron chi connectivity index (χ2n) is 7.24. The quantitative estimate of drug-likeness (QED) is 0.822. The third kappa shape index (κ3) is 4.10. The summed E-state index contributed by atoms with van der Waals surface area (Å²) >= 11 is 1.81. The molecule has 26 heavy (non-hydrogen) atoms. The molecule has 0 unspecified atom stereocenters. The van der Waals surface area contributed by atoms with E-state index in [1.807, 2.05) is 28.4 Å². The van der Waals surface area contributed by atoms with E-state index in [1.54, 1.807) is 0 Å². The van der Waals surface area contributed by atoms with Gasteiger partial charge in [0.05, 0.1) is 0 Å². The Labute approximate surface area is 160 Å². The SMILES string of the molecule is O=C(c1ccc(N2CCCC2)cc1)N1CCCN(Cc2cccs2)CC1. The summed E-state index contributed by atoms with van der Waals surface area (Å²) in [6, 6.07) is 12.5. The largest absolute Gasteiger partial charge is 0.372 e. The highest BCUT2D eigenvalue weighted by atomic mass is 32.1. The minimum atomic E-state index is 0.177. The Hall–Kier alpha value is -1.85. The van der Waals surface area contributed by atoms with Crippen molar-refractivity contribution in [3.05, 3.63) is 52.2 Å². The highest BCUT2D eigenvalue weighted by molar-refractivity contribution is 7.09. The Balaban J connectivity index is 1.35. The number of anilines is 1. The monoisotopic (exact) mass is 369 g/mol. The van der Waals surface area contributed by atoms with Gasteiger partial charge in [-0.15, -0.1) is 11.3 Å². The van der Waals surface area contributed by atoms with Crippen LogP contribution in [0, 0.1) is 0 Å². The van der Waals surface area contributed by atoms with E-state index in [0.717, 1.165) is 57.8 Å². The lowest BCUT2D eigenvalue weighted by atomic mass is 10.1. The van der Waals surface area contributed by atoms with E-state index in [1.165, 1.54) is 23.4 Å². The molecule has 2 aliphatic rings. The first-order valence-electron chi connectivity index (χ1n) is 9.69. The molecule has 0 bridgehead atoms. The third-order valence-corrected chi connectivity index (χ3v) is 6.28. The predicted molar refractivity (Wildman–Crippen MR) is 108 cm³/mol.